The summed E-state index contributed by atoms with van der Waals surface area (Å²) in [7, 11) is 0. The molecular formula is C15H22N2OS. The fourth-order valence-electron chi connectivity index (χ4n) is 2.56. The lowest BCUT2D eigenvalue weighted by atomic mass is 9.95. The molecule has 1 fully saturated rings. The number of hydrogen-bond donors (Lipinski definition) is 2. The Labute approximate surface area is 119 Å². The minimum Gasteiger partial charge on any atom is -0.325 e. The van der Waals surface area contributed by atoms with Crippen molar-refractivity contribution in [1.82, 2.24) is 5.32 Å². The molecule has 1 aliphatic carbocycles. The monoisotopic (exact) mass is 278 g/mol. The van der Waals surface area contributed by atoms with Crippen molar-refractivity contribution in [3.63, 3.8) is 0 Å². The average Bonchev–Trinajstić information content (AvgIpc) is 2.46. The quantitative estimate of drug-likeness (QED) is 0.870. The molecule has 4 heteroatoms. The Morgan fingerprint density at radius 3 is 2.74 bits per heavy atom. The summed E-state index contributed by atoms with van der Waals surface area (Å²) in [6.07, 6.45) is 7.20. The Morgan fingerprint density at radius 1 is 1.26 bits per heavy atom. The van der Waals surface area contributed by atoms with E-state index in [2.05, 4.69) is 16.9 Å². The van der Waals surface area contributed by atoms with E-state index in [4.69, 9.17) is 0 Å². The Balaban J connectivity index is 1.76. The topological polar surface area (TPSA) is 41.1 Å². The van der Waals surface area contributed by atoms with Crippen molar-refractivity contribution >= 4 is 23.4 Å². The first-order valence-electron chi connectivity index (χ1n) is 6.90. The minimum absolute atomic E-state index is 0.0385. The van der Waals surface area contributed by atoms with E-state index in [1.165, 1.54) is 25.7 Å². The van der Waals surface area contributed by atoms with E-state index < -0.39 is 0 Å². The minimum atomic E-state index is 0.0385. The highest BCUT2D eigenvalue weighted by Gasteiger charge is 2.24. The van der Waals surface area contributed by atoms with Gasteiger partial charge in [0.2, 0.25) is 5.91 Å². The van der Waals surface area contributed by atoms with Crippen molar-refractivity contribution in [2.24, 2.45) is 0 Å². The smallest absolute Gasteiger partial charge is 0.238 e. The molecule has 2 rings (SSSR count). The van der Waals surface area contributed by atoms with Crippen LogP contribution in [0.1, 0.15) is 25.7 Å². The second-order valence-corrected chi connectivity index (χ2v) is 6.04. The van der Waals surface area contributed by atoms with E-state index in [9.17, 15) is 4.79 Å². The summed E-state index contributed by atoms with van der Waals surface area (Å²) in [6.45, 7) is 0.399. The third-order valence-corrected chi connectivity index (χ3v) is 4.76. The molecule has 19 heavy (non-hydrogen) atoms. The maximum absolute atomic E-state index is 11.9. The number of rotatable bonds is 5. The fourth-order valence-corrected chi connectivity index (χ4v) is 3.53. The van der Waals surface area contributed by atoms with Gasteiger partial charge < -0.3 is 10.6 Å². The van der Waals surface area contributed by atoms with Gasteiger partial charge in [0, 0.05) is 17.0 Å². The highest BCUT2D eigenvalue weighted by molar-refractivity contribution is 7.99. The summed E-state index contributed by atoms with van der Waals surface area (Å²) in [5.74, 6) is 0.0385. The first-order chi connectivity index (χ1) is 9.29. The molecule has 1 aromatic carbocycles. The molecule has 0 aromatic heterocycles. The van der Waals surface area contributed by atoms with Gasteiger partial charge in [0.1, 0.15) is 0 Å². The standard InChI is InChI=1S/C15H22N2OS/c1-19-14-10-6-5-9-13(14)16-11-15(18)17-12-7-3-2-4-8-12/h2-4,7-8,13-14,16H,5-6,9-11H2,1H3,(H,17,18). The number of hydrogen-bond acceptors (Lipinski definition) is 3. The summed E-state index contributed by atoms with van der Waals surface area (Å²) in [5.41, 5.74) is 0.861. The van der Waals surface area contributed by atoms with Crippen LogP contribution in [0.2, 0.25) is 0 Å². The number of amides is 1. The molecule has 2 N–H and O–H groups in total. The molecule has 1 amide bonds. The molecule has 2 unspecified atom stereocenters. The molecule has 1 saturated carbocycles. The normalized spacial score (nSPS) is 23.0. The van der Waals surface area contributed by atoms with Gasteiger partial charge in [-0.2, -0.15) is 11.8 Å². The summed E-state index contributed by atoms with van der Waals surface area (Å²) >= 11 is 1.92. The van der Waals surface area contributed by atoms with Gasteiger partial charge in [-0.15, -0.1) is 0 Å². The van der Waals surface area contributed by atoms with Crippen molar-refractivity contribution in [2.45, 2.75) is 37.0 Å². The van der Waals surface area contributed by atoms with Crippen molar-refractivity contribution in [3.8, 4) is 0 Å². The van der Waals surface area contributed by atoms with Crippen molar-refractivity contribution < 1.29 is 4.79 Å². The average molecular weight is 278 g/mol. The van der Waals surface area contributed by atoms with Gasteiger partial charge in [-0.05, 0) is 31.2 Å². The van der Waals surface area contributed by atoms with Gasteiger partial charge >= 0.3 is 0 Å². The zero-order valence-electron chi connectivity index (χ0n) is 11.4. The van der Waals surface area contributed by atoms with Gasteiger partial charge in [0.05, 0.1) is 6.54 Å². The maximum Gasteiger partial charge on any atom is 0.238 e. The van der Waals surface area contributed by atoms with Crippen LogP contribution in [0.25, 0.3) is 0 Å². The Bertz CT molecular complexity index is 396. The van der Waals surface area contributed by atoms with Crippen LogP contribution in [-0.2, 0) is 4.79 Å². The number of carbonyl (C=O) groups is 1. The highest BCUT2D eigenvalue weighted by atomic mass is 32.2. The van der Waals surface area contributed by atoms with Crippen molar-refractivity contribution in [2.75, 3.05) is 18.1 Å². The molecule has 0 heterocycles. The summed E-state index contributed by atoms with van der Waals surface area (Å²) in [4.78, 5) is 11.9. The largest absolute Gasteiger partial charge is 0.325 e. The fraction of sp³-hybridized carbons (Fsp3) is 0.533. The molecule has 1 aliphatic rings. The molecular weight excluding hydrogens is 256 g/mol. The molecule has 104 valence electrons. The molecule has 2 atom stereocenters. The van der Waals surface area contributed by atoms with Crippen LogP contribution < -0.4 is 10.6 Å². The van der Waals surface area contributed by atoms with E-state index in [0.717, 1.165) is 5.69 Å². The second kappa shape index (κ2) is 7.56. The van der Waals surface area contributed by atoms with E-state index >= 15 is 0 Å². The van der Waals surface area contributed by atoms with Crippen LogP contribution in [0.4, 0.5) is 5.69 Å². The van der Waals surface area contributed by atoms with Crippen molar-refractivity contribution in [1.29, 1.82) is 0 Å². The van der Waals surface area contributed by atoms with Gasteiger partial charge in [0.25, 0.3) is 0 Å². The lowest BCUT2D eigenvalue weighted by molar-refractivity contribution is -0.115. The predicted molar refractivity (Wildman–Crippen MR) is 82.6 cm³/mol. The Kier molecular flexibility index (Phi) is 5.73. The number of anilines is 1. The second-order valence-electron chi connectivity index (χ2n) is 4.96. The number of carbonyl (C=O) groups excluding carboxylic acids is 1. The van der Waals surface area contributed by atoms with E-state index in [-0.39, 0.29) is 5.91 Å². The zero-order chi connectivity index (χ0) is 13.5. The van der Waals surface area contributed by atoms with E-state index in [0.29, 0.717) is 17.8 Å². The molecule has 1 aromatic rings. The third kappa shape index (κ3) is 4.55. The highest BCUT2D eigenvalue weighted by Crippen LogP contribution is 2.26. The van der Waals surface area contributed by atoms with Crippen molar-refractivity contribution in [3.05, 3.63) is 30.3 Å². The number of benzene rings is 1. The molecule has 0 aliphatic heterocycles. The number of thioether (sulfide) groups is 1. The van der Waals surface area contributed by atoms with Gasteiger partial charge in [0.15, 0.2) is 0 Å². The molecule has 3 nitrogen and oxygen atoms in total. The summed E-state index contributed by atoms with van der Waals surface area (Å²) in [5, 5.41) is 6.97. The van der Waals surface area contributed by atoms with Gasteiger partial charge in [-0.25, -0.2) is 0 Å². The third-order valence-electron chi connectivity index (χ3n) is 3.59. The molecule has 0 radical (unpaired) electrons. The number of nitrogens with one attached hydrogen (secondary N) is 2. The van der Waals surface area contributed by atoms with Crippen LogP contribution in [0.15, 0.2) is 30.3 Å². The molecule has 0 bridgehead atoms. The van der Waals surface area contributed by atoms with Gasteiger partial charge in [-0.1, -0.05) is 31.0 Å². The lowest BCUT2D eigenvalue weighted by Crippen LogP contribution is -2.43. The van der Waals surface area contributed by atoms with Crippen LogP contribution >= 0.6 is 11.8 Å². The molecule has 0 saturated heterocycles. The SMILES string of the molecule is CSC1CCCCC1NCC(=O)Nc1ccccc1. The number of para-hydroxylation sites is 1. The van der Waals surface area contributed by atoms with Gasteiger partial charge in [-0.3, -0.25) is 4.79 Å². The summed E-state index contributed by atoms with van der Waals surface area (Å²) in [6, 6.07) is 10.1. The maximum atomic E-state index is 11.9. The van der Waals surface area contributed by atoms with Crippen LogP contribution in [0.3, 0.4) is 0 Å². The zero-order valence-corrected chi connectivity index (χ0v) is 12.2. The first kappa shape index (κ1) is 14.4. The summed E-state index contributed by atoms with van der Waals surface area (Å²) < 4.78 is 0. The van der Waals surface area contributed by atoms with E-state index in [1.54, 1.807) is 0 Å². The Morgan fingerprint density at radius 2 is 2.00 bits per heavy atom. The van der Waals surface area contributed by atoms with Crippen LogP contribution in [0.5, 0.6) is 0 Å². The molecule has 0 spiro atoms. The predicted octanol–water partition coefficient (Wildman–Crippen LogP) is 2.89. The van der Waals surface area contributed by atoms with E-state index in [1.807, 2.05) is 42.1 Å². The van der Waals surface area contributed by atoms with Crippen LogP contribution in [0, 0.1) is 0 Å². The Hall–Kier alpha value is -1.00. The first-order valence-corrected chi connectivity index (χ1v) is 8.19. The van der Waals surface area contributed by atoms with Crippen LogP contribution in [-0.4, -0.2) is 30.0 Å². The lowest BCUT2D eigenvalue weighted by Gasteiger charge is -2.30.